The van der Waals surface area contributed by atoms with Crippen molar-refractivity contribution in [1.29, 1.82) is 0 Å². The van der Waals surface area contributed by atoms with Gasteiger partial charge in [0, 0.05) is 5.57 Å². The van der Waals surface area contributed by atoms with Crippen LogP contribution < -0.4 is 0 Å². The summed E-state index contributed by atoms with van der Waals surface area (Å²) in [5, 5.41) is 0. The largest absolute Gasteiger partial charge is 0.129 e. The Morgan fingerprint density at radius 2 is 1.74 bits per heavy atom. The van der Waals surface area contributed by atoms with Gasteiger partial charge >= 0.3 is 0 Å². The molecule has 0 aliphatic heterocycles. The Kier molecular flexibility index (Phi) is 6.11. The molecule has 0 aromatic heterocycles. The van der Waals surface area contributed by atoms with Crippen LogP contribution in [-0.2, 0) is 0 Å². The van der Waals surface area contributed by atoms with Crippen LogP contribution in [0.25, 0.3) is 5.57 Å². The SMILES string of the molecule is CCCC/C(C)=C(/C#C[Si](C)(C)C)c1ccccc1. The minimum atomic E-state index is -1.33. The lowest BCUT2D eigenvalue weighted by Gasteiger charge is -2.09. The van der Waals surface area contributed by atoms with E-state index in [1.165, 1.54) is 29.6 Å². The first kappa shape index (κ1) is 15.8. The van der Waals surface area contributed by atoms with Crippen molar-refractivity contribution in [3.05, 3.63) is 41.5 Å². The lowest BCUT2D eigenvalue weighted by molar-refractivity contribution is 0.789. The van der Waals surface area contributed by atoms with Crippen molar-refractivity contribution in [3.63, 3.8) is 0 Å². The highest BCUT2D eigenvalue weighted by Gasteiger charge is 2.09. The molecule has 0 amide bonds. The normalized spacial score (nSPS) is 12.5. The summed E-state index contributed by atoms with van der Waals surface area (Å²) in [5.41, 5.74) is 7.45. The lowest BCUT2D eigenvalue weighted by atomic mass is 9.98. The van der Waals surface area contributed by atoms with Gasteiger partial charge in [-0.1, -0.05) is 74.8 Å². The van der Waals surface area contributed by atoms with Crippen LogP contribution in [0, 0.1) is 11.5 Å². The van der Waals surface area contributed by atoms with Gasteiger partial charge in [-0.25, -0.2) is 0 Å². The molecule has 1 aromatic carbocycles. The predicted octanol–water partition coefficient (Wildman–Crippen LogP) is 5.53. The smallest absolute Gasteiger partial charge is 0.127 e. The molecule has 1 heteroatoms. The Morgan fingerprint density at radius 3 is 2.26 bits per heavy atom. The maximum Gasteiger partial charge on any atom is 0.129 e. The Balaban J connectivity index is 3.14. The quantitative estimate of drug-likeness (QED) is 0.498. The average molecular weight is 270 g/mol. The maximum absolute atomic E-state index is 3.51. The molecular weight excluding hydrogens is 244 g/mol. The first-order valence-electron chi connectivity index (χ1n) is 7.22. The molecule has 0 spiro atoms. The van der Waals surface area contributed by atoms with E-state index >= 15 is 0 Å². The molecule has 0 nitrogen and oxygen atoms in total. The average Bonchev–Trinajstić information content (AvgIpc) is 2.36. The van der Waals surface area contributed by atoms with Gasteiger partial charge in [-0.05, 0) is 25.3 Å². The van der Waals surface area contributed by atoms with Gasteiger partial charge in [0.05, 0.1) is 0 Å². The second kappa shape index (κ2) is 7.36. The van der Waals surface area contributed by atoms with Gasteiger partial charge in [0.25, 0.3) is 0 Å². The molecule has 0 saturated carbocycles. The van der Waals surface area contributed by atoms with Crippen LogP contribution in [0.1, 0.15) is 38.7 Å². The molecule has 0 bridgehead atoms. The Bertz CT molecular complexity index is 478. The van der Waals surface area contributed by atoms with Gasteiger partial charge < -0.3 is 0 Å². The van der Waals surface area contributed by atoms with Crippen LogP contribution in [0.5, 0.6) is 0 Å². The zero-order valence-corrected chi connectivity index (χ0v) is 14.0. The summed E-state index contributed by atoms with van der Waals surface area (Å²) in [4.78, 5) is 0. The minimum Gasteiger partial charge on any atom is -0.127 e. The second-order valence-electron chi connectivity index (χ2n) is 6.12. The van der Waals surface area contributed by atoms with Gasteiger partial charge in [-0.2, -0.15) is 0 Å². The van der Waals surface area contributed by atoms with Crippen molar-refractivity contribution in [1.82, 2.24) is 0 Å². The highest BCUT2D eigenvalue weighted by atomic mass is 28.3. The third-order valence-corrected chi connectivity index (χ3v) is 3.83. The summed E-state index contributed by atoms with van der Waals surface area (Å²) in [7, 11) is -1.33. The summed E-state index contributed by atoms with van der Waals surface area (Å²) in [6.07, 6.45) is 3.64. The van der Waals surface area contributed by atoms with Crippen molar-refractivity contribution in [3.8, 4) is 11.5 Å². The molecule has 0 saturated heterocycles. The Labute approximate surface area is 120 Å². The van der Waals surface area contributed by atoms with Gasteiger partial charge in [0.15, 0.2) is 0 Å². The summed E-state index contributed by atoms with van der Waals surface area (Å²) in [5.74, 6) is 3.48. The standard InChI is InChI=1S/C18H26Si/c1-6-7-11-16(2)18(14-15-19(3,4)5)17-12-9-8-10-13-17/h8-10,12-13H,6-7,11H2,1-5H3/b18-16-. The van der Waals surface area contributed by atoms with Gasteiger partial charge in [0.2, 0.25) is 0 Å². The van der Waals surface area contributed by atoms with Gasteiger partial charge in [0.1, 0.15) is 8.07 Å². The topological polar surface area (TPSA) is 0 Å². The summed E-state index contributed by atoms with van der Waals surface area (Å²) >= 11 is 0. The monoisotopic (exact) mass is 270 g/mol. The first-order valence-corrected chi connectivity index (χ1v) is 10.7. The van der Waals surface area contributed by atoms with E-state index < -0.39 is 8.07 Å². The molecule has 0 aliphatic carbocycles. The number of unbranched alkanes of at least 4 members (excludes halogenated alkanes) is 1. The first-order chi connectivity index (χ1) is 8.94. The molecule has 0 atom stereocenters. The van der Waals surface area contributed by atoms with Crippen LogP contribution >= 0.6 is 0 Å². The molecule has 19 heavy (non-hydrogen) atoms. The molecule has 0 heterocycles. The van der Waals surface area contributed by atoms with E-state index in [0.717, 1.165) is 6.42 Å². The Morgan fingerprint density at radius 1 is 1.11 bits per heavy atom. The van der Waals surface area contributed by atoms with Crippen molar-refractivity contribution in [2.75, 3.05) is 0 Å². The van der Waals surface area contributed by atoms with E-state index in [9.17, 15) is 0 Å². The van der Waals surface area contributed by atoms with E-state index in [4.69, 9.17) is 0 Å². The van der Waals surface area contributed by atoms with Crippen molar-refractivity contribution < 1.29 is 0 Å². The maximum atomic E-state index is 3.51. The lowest BCUT2D eigenvalue weighted by Crippen LogP contribution is -2.16. The number of hydrogen-bond donors (Lipinski definition) is 0. The summed E-state index contributed by atoms with van der Waals surface area (Å²) in [6.45, 7) is 11.4. The zero-order valence-electron chi connectivity index (χ0n) is 13.0. The van der Waals surface area contributed by atoms with Crippen LogP contribution in [0.15, 0.2) is 35.9 Å². The number of hydrogen-bond acceptors (Lipinski definition) is 0. The molecule has 1 aromatic rings. The fourth-order valence-electron chi connectivity index (χ4n) is 1.85. The highest BCUT2D eigenvalue weighted by molar-refractivity contribution is 6.84. The summed E-state index contributed by atoms with van der Waals surface area (Å²) < 4.78 is 0. The van der Waals surface area contributed by atoms with E-state index in [0.29, 0.717) is 0 Å². The van der Waals surface area contributed by atoms with Gasteiger partial charge in [-0.15, -0.1) is 5.54 Å². The number of allylic oxidation sites excluding steroid dienone is 2. The van der Waals surface area contributed by atoms with Gasteiger partial charge in [-0.3, -0.25) is 0 Å². The zero-order chi connectivity index (χ0) is 14.3. The fourth-order valence-corrected chi connectivity index (χ4v) is 2.35. The molecule has 0 N–H and O–H groups in total. The third-order valence-electron chi connectivity index (χ3n) is 2.96. The van der Waals surface area contributed by atoms with Crippen LogP contribution in [0.4, 0.5) is 0 Å². The molecular formula is C18H26Si. The van der Waals surface area contributed by atoms with E-state index in [1.807, 2.05) is 0 Å². The molecule has 102 valence electrons. The fraction of sp³-hybridized carbons (Fsp3) is 0.444. The molecule has 0 radical (unpaired) electrons. The molecule has 1 rings (SSSR count). The highest BCUT2D eigenvalue weighted by Crippen LogP contribution is 2.21. The van der Waals surface area contributed by atoms with Crippen LogP contribution in [0.3, 0.4) is 0 Å². The van der Waals surface area contributed by atoms with E-state index in [2.05, 4.69) is 75.3 Å². The van der Waals surface area contributed by atoms with Crippen LogP contribution in [-0.4, -0.2) is 8.07 Å². The Hall–Kier alpha value is -1.26. The van der Waals surface area contributed by atoms with E-state index in [1.54, 1.807) is 0 Å². The van der Waals surface area contributed by atoms with Crippen molar-refractivity contribution in [2.24, 2.45) is 0 Å². The predicted molar refractivity (Wildman–Crippen MR) is 89.7 cm³/mol. The van der Waals surface area contributed by atoms with E-state index in [-0.39, 0.29) is 0 Å². The molecule has 0 aliphatic rings. The third kappa shape index (κ3) is 5.94. The molecule has 0 unspecified atom stereocenters. The number of rotatable bonds is 4. The second-order valence-corrected chi connectivity index (χ2v) is 10.9. The molecule has 0 fully saturated rings. The number of benzene rings is 1. The minimum absolute atomic E-state index is 1.15. The van der Waals surface area contributed by atoms with Crippen molar-refractivity contribution >= 4 is 13.6 Å². The van der Waals surface area contributed by atoms with Crippen molar-refractivity contribution in [2.45, 2.75) is 52.8 Å². The summed E-state index contributed by atoms with van der Waals surface area (Å²) in [6, 6.07) is 10.6. The van der Waals surface area contributed by atoms with Crippen LogP contribution in [0.2, 0.25) is 19.6 Å².